The lowest BCUT2D eigenvalue weighted by atomic mass is 9.93. The predicted octanol–water partition coefficient (Wildman–Crippen LogP) is 1.70. The number of hydrogen-bond acceptors (Lipinski definition) is 6. The van der Waals surface area contributed by atoms with Gasteiger partial charge in [0.15, 0.2) is 5.84 Å². The van der Waals surface area contributed by atoms with E-state index in [-0.39, 0.29) is 12.1 Å². The van der Waals surface area contributed by atoms with E-state index in [0.29, 0.717) is 17.3 Å². The van der Waals surface area contributed by atoms with Crippen LogP contribution in [-0.4, -0.2) is 32.9 Å². The molecule has 7 heteroatoms. The molecule has 7 nitrogen and oxygen atoms in total. The van der Waals surface area contributed by atoms with Crippen molar-refractivity contribution in [1.29, 1.82) is 0 Å². The van der Waals surface area contributed by atoms with Crippen molar-refractivity contribution in [3.05, 3.63) is 49.1 Å². The van der Waals surface area contributed by atoms with Crippen molar-refractivity contribution < 1.29 is 5.11 Å². The van der Waals surface area contributed by atoms with Gasteiger partial charge in [0.2, 0.25) is 0 Å². The average Bonchev–Trinajstić information content (AvgIpc) is 2.99. The predicted molar refractivity (Wildman–Crippen MR) is 101 cm³/mol. The fourth-order valence-corrected chi connectivity index (χ4v) is 3.09. The molecule has 1 saturated carbocycles. The summed E-state index contributed by atoms with van der Waals surface area (Å²) < 4.78 is 1.69. The molecular formula is C18H24N6O. The lowest BCUT2D eigenvalue weighted by Crippen LogP contribution is -2.33. The van der Waals surface area contributed by atoms with Gasteiger partial charge in [-0.1, -0.05) is 6.58 Å². The van der Waals surface area contributed by atoms with E-state index in [2.05, 4.69) is 22.0 Å². The lowest BCUT2D eigenvalue weighted by molar-refractivity contribution is 0.118. The Morgan fingerprint density at radius 3 is 2.84 bits per heavy atom. The number of aliphatic hydroxyl groups is 1. The van der Waals surface area contributed by atoms with E-state index >= 15 is 0 Å². The average molecular weight is 340 g/mol. The molecule has 1 heterocycles. The van der Waals surface area contributed by atoms with Gasteiger partial charge < -0.3 is 21.9 Å². The Hall–Kier alpha value is -2.80. The quantitative estimate of drug-likeness (QED) is 0.384. The molecule has 1 aromatic heterocycles. The minimum atomic E-state index is -0.188. The van der Waals surface area contributed by atoms with Crippen LogP contribution in [0.15, 0.2) is 54.1 Å². The second-order valence-electron chi connectivity index (χ2n) is 6.30. The van der Waals surface area contributed by atoms with Gasteiger partial charge in [-0.3, -0.25) is 0 Å². The van der Waals surface area contributed by atoms with Crippen molar-refractivity contribution in [3.8, 4) is 0 Å². The van der Waals surface area contributed by atoms with Gasteiger partial charge in [0.25, 0.3) is 0 Å². The molecule has 25 heavy (non-hydrogen) atoms. The molecule has 0 aliphatic heterocycles. The first-order chi connectivity index (χ1) is 12.1. The van der Waals surface area contributed by atoms with Crippen molar-refractivity contribution in [2.45, 2.75) is 37.8 Å². The zero-order chi connectivity index (χ0) is 17.8. The molecule has 1 fully saturated rings. The van der Waals surface area contributed by atoms with Crippen LogP contribution in [0, 0.1) is 0 Å². The van der Waals surface area contributed by atoms with Gasteiger partial charge >= 0.3 is 0 Å². The number of nitrogens with two attached hydrogens (primary N) is 2. The normalized spacial score (nSPS) is 21.7. The maximum Gasteiger partial charge on any atom is 0.157 e. The Kier molecular flexibility index (Phi) is 5.04. The number of nitrogens with zero attached hydrogens (tertiary/aromatic N) is 3. The minimum absolute atomic E-state index is 0.188. The fraction of sp³-hybridized carbons (Fsp3) is 0.333. The lowest BCUT2D eigenvalue weighted by Gasteiger charge is -2.26. The number of aliphatic imine (C=N–C) groups is 1. The van der Waals surface area contributed by atoms with E-state index in [1.54, 1.807) is 17.0 Å². The number of aliphatic hydroxyl groups excluding tert-OH is 1. The van der Waals surface area contributed by atoms with Crippen molar-refractivity contribution >= 4 is 22.4 Å². The zero-order valence-corrected chi connectivity index (χ0v) is 14.1. The van der Waals surface area contributed by atoms with Crippen LogP contribution in [0.3, 0.4) is 0 Å². The molecule has 0 amide bonds. The summed E-state index contributed by atoms with van der Waals surface area (Å²) in [5, 5.41) is 18.3. The monoisotopic (exact) mass is 340 g/mol. The Labute approximate surface area is 146 Å². The van der Waals surface area contributed by atoms with Crippen molar-refractivity contribution in [3.63, 3.8) is 0 Å². The highest BCUT2D eigenvalue weighted by molar-refractivity contribution is 6.01. The minimum Gasteiger partial charge on any atom is -0.404 e. The van der Waals surface area contributed by atoms with E-state index in [0.717, 1.165) is 36.6 Å². The number of allylic oxidation sites excluding steroid dienone is 1. The molecule has 132 valence electrons. The topological polar surface area (TPSA) is 114 Å². The molecule has 1 aromatic carbocycles. The second kappa shape index (κ2) is 7.40. The molecule has 1 aliphatic carbocycles. The molecule has 0 spiro atoms. The van der Waals surface area contributed by atoms with Crippen LogP contribution in [0.4, 0.5) is 5.69 Å². The number of nitrogen functional groups attached to an aromatic ring is 1. The number of aromatic nitrogens is 2. The summed E-state index contributed by atoms with van der Waals surface area (Å²) in [5.74, 6) is 1.10. The van der Waals surface area contributed by atoms with E-state index in [9.17, 15) is 5.11 Å². The molecule has 2 aromatic rings. The van der Waals surface area contributed by atoms with Crippen LogP contribution in [0.1, 0.15) is 25.7 Å². The largest absolute Gasteiger partial charge is 0.404 e. The molecule has 0 bridgehead atoms. The summed E-state index contributed by atoms with van der Waals surface area (Å²) in [4.78, 5) is 4.54. The summed E-state index contributed by atoms with van der Waals surface area (Å²) in [6, 6.07) is 5.87. The zero-order valence-electron chi connectivity index (χ0n) is 14.1. The van der Waals surface area contributed by atoms with Crippen molar-refractivity contribution in [1.82, 2.24) is 15.1 Å². The highest BCUT2D eigenvalue weighted by Gasteiger charge is 2.19. The maximum atomic E-state index is 9.60. The molecule has 0 radical (unpaired) electrons. The third-order valence-corrected chi connectivity index (χ3v) is 4.37. The SMILES string of the molecule is C=C(N=C(/C=C\N)n1ncc2ccc(N)cc21)NC1CCC(O)CC1. The number of fused-ring (bicyclic) bond motifs is 1. The molecule has 0 atom stereocenters. The highest BCUT2D eigenvalue weighted by Crippen LogP contribution is 2.20. The number of hydrogen-bond donors (Lipinski definition) is 4. The number of rotatable bonds is 4. The number of anilines is 1. The first-order valence-corrected chi connectivity index (χ1v) is 8.41. The number of benzene rings is 1. The maximum absolute atomic E-state index is 9.60. The summed E-state index contributed by atoms with van der Waals surface area (Å²) in [6.45, 7) is 4.00. The van der Waals surface area contributed by atoms with Gasteiger partial charge in [0, 0.05) is 17.1 Å². The summed E-state index contributed by atoms with van der Waals surface area (Å²) in [5.41, 5.74) is 13.0. The van der Waals surface area contributed by atoms with Crippen LogP contribution < -0.4 is 16.8 Å². The molecule has 0 saturated heterocycles. The molecule has 1 aliphatic rings. The number of nitrogens with one attached hydrogen (secondary N) is 1. The van der Waals surface area contributed by atoms with Gasteiger partial charge in [0.05, 0.1) is 17.8 Å². The summed E-state index contributed by atoms with van der Waals surface area (Å²) in [6.07, 6.45) is 8.06. The third kappa shape index (κ3) is 4.00. The van der Waals surface area contributed by atoms with E-state index in [1.807, 2.05) is 18.2 Å². The van der Waals surface area contributed by atoms with Crippen LogP contribution >= 0.6 is 0 Å². The van der Waals surface area contributed by atoms with Crippen LogP contribution in [-0.2, 0) is 0 Å². The Morgan fingerprint density at radius 2 is 2.12 bits per heavy atom. The Morgan fingerprint density at radius 1 is 1.36 bits per heavy atom. The Balaban J connectivity index is 1.83. The smallest absolute Gasteiger partial charge is 0.157 e. The van der Waals surface area contributed by atoms with E-state index in [1.165, 1.54) is 6.20 Å². The van der Waals surface area contributed by atoms with Crippen molar-refractivity contribution in [2.75, 3.05) is 5.73 Å². The molecule has 6 N–H and O–H groups in total. The summed E-state index contributed by atoms with van der Waals surface area (Å²) in [7, 11) is 0. The van der Waals surface area contributed by atoms with Gasteiger partial charge in [-0.15, -0.1) is 0 Å². The van der Waals surface area contributed by atoms with Gasteiger partial charge in [-0.05, 0) is 56.2 Å². The highest BCUT2D eigenvalue weighted by atomic mass is 16.3. The van der Waals surface area contributed by atoms with Crippen LogP contribution in [0.25, 0.3) is 10.9 Å². The van der Waals surface area contributed by atoms with Gasteiger partial charge in [-0.25, -0.2) is 9.67 Å². The van der Waals surface area contributed by atoms with Gasteiger partial charge in [0.1, 0.15) is 5.82 Å². The van der Waals surface area contributed by atoms with Crippen LogP contribution in [0.5, 0.6) is 0 Å². The molecule has 0 unspecified atom stereocenters. The summed E-state index contributed by atoms with van der Waals surface area (Å²) >= 11 is 0. The molecular weight excluding hydrogens is 316 g/mol. The third-order valence-electron chi connectivity index (χ3n) is 4.37. The standard InChI is InChI=1S/C18H24N6O/c1-12(22-15-4-6-16(25)7-5-15)23-18(8-9-19)24-17-10-14(20)3-2-13(17)11-21-24/h2-3,8-11,15-16,22,25H,1,4-7,19-20H2/b9-8-,23-18?. The second-order valence-corrected chi connectivity index (χ2v) is 6.30. The fourth-order valence-electron chi connectivity index (χ4n) is 3.09. The van der Waals surface area contributed by atoms with Gasteiger partial charge in [-0.2, -0.15) is 5.10 Å². The first kappa shape index (κ1) is 17.0. The Bertz CT molecular complexity index is 814. The van der Waals surface area contributed by atoms with E-state index in [4.69, 9.17) is 11.5 Å². The first-order valence-electron chi connectivity index (χ1n) is 8.41. The van der Waals surface area contributed by atoms with Crippen LogP contribution in [0.2, 0.25) is 0 Å². The van der Waals surface area contributed by atoms with E-state index < -0.39 is 0 Å². The molecule has 3 rings (SSSR count). The van der Waals surface area contributed by atoms with Crippen molar-refractivity contribution in [2.24, 2.45) is 10.7 Å².